The van der Waals surface area contributed by atoms with E-state index in [2.05, 4.69) is 0 Å². The molecule has 2 amide bonds. The number of anilines is 1. The van der Waals surface area contributed by atoms with Gasteiger partial charge in [0.1, 0.15) is 0 Å². The minimum Gasteiger partial charge on any atom is -0.454 e. The van der Waals surface area contributed by atoms with Crippen molar-refractivity contribution in [3.8, 4) is 23.0 Å². The van der Waals surface area contributed by atoms with Crippen LogP contribution >= 0.6 is 0 Å². The van der Waals surface area contributed by atoms with Gasteiger partial charge in [-0.05, 0) is 76.7 Å². The van der Waals surface area contributed by atoms with Crippen molar-refractivity contribution in [1.82, 2.24) is 0 Å². The van der Waals surface area contributed by atoms with Gasteiger partial charge in [0.05, 0.1) is 28.4 Å². The van der Waals surface area contributed by atoms with Crippen LogP contribution in [0, 0.1) is 11.8 Å². The average Bonchev–Trinajstić information content (AvgIpc) is 3.98. The zero-order valence-electron chi connectivity index (χ0n) is 27.8. The van der Waals surface area contributed by atoms with Gasteiger partial charge >= 0.3 is 0 Å². The van der Waals surface area contributed by atoms with Gasteiger partial charge in [-0.3, -0.25) is 19.2 Å². The molecule has 3 heterocycles. The molecule has 2 aliphatic carbocycles. The van der Waals surface area contributed by atoms with Crippen LogP contribution in [-0.4, -0.2) is 37.0 Å². The minimum absolute atomic E-state index is 0.0511. The van der Waals surface area contributed by atoms with E-state index in [4.69, 9.17) is 18.9 Å². The summed E-state index contributed by atoms with van der Waals surface area (Å²) in [6, 6.07) is 36.2. The number of imide groups is 1. The third kappa shape index (κ3) is 3.72. The molecule has 0 spiro atoms. The van der Waals surface area contributed by atoms with Gasteiger partial charge in [0.2, 0.25) is 25.4 Å². The monoisotopic (exact) mass is 687 g/mol. The van der Waals surface area contributed by atoms with Crippen LogP contribution in [0.4, 0.5) is 5.69 Å². The van der Waals surface area contributed by atoms with E-state index >= 15 is 14.4 Å². The lowest BCUT2D eigenvalue weighted by molar-refractivity contribution is -0.130. The summed E-state index contributed by atoms with van der Waals surface area (Å²) in [5.74, 6) is -1.58. The van der Waals surface area contributed by atoms with E-state index in [0.29, 0.717) is 62.0 Å². The molecule has 2 fully saturated rings. The van der Waals surface area contributed by atoms with Crippen LogP contribution in [0.25, 0.3) is 11.1 Å². The minimum atomic E-state index is -1.62. The first-order valence-corrected chi connectivity index (χ1v) is 17.1. The highest BCUT2D eigenvalue weighted by molar-refractivity contribution is 6.39. The van der Waals surface area contributed by atoms with Crippen LogP contribution in [0.15, 0.2) is 121 Å². The van der Waals surface area contributed by atoms with Gasteiger partial charge in [0, 0.05) is 5.56 Å². The molecular weight excluding hydrogens is 658 g/mol. The van der Waals surface area contributed by atoms with Crippen molar-refractivity contribution in [2.75, 3.05) is 18.5 Å². The lowest BCUT2D eigenvalue weighted by Crippen LogP contribution is -2.45. The third-order valence-electron chi connectivity index (χ3n) is 11.3. The van der Waals surface area contributed by atoms with Crippen LogP contribution in [0.2, 0.25) is 0 Å². The van der Waals surface area contributed by atoms with Crippen LogP contribution in [-0.2, 0) is 25.2 Å². The second-order valence-corrected chi connectivity index (χ2v) is 13.6. The number of carbonyl (C=O) groups is 4. The summed E-state index contributed by atoms with van der Waals surface area (Å²) >= 11 is 0. The molecule has 52 heavy (non-hydrogen) atoms. The fraction of sp³-hybridized carbons (Fsp3) is 0.163. The Morgan fingerprint density at radius 3 is 1.54 bits per heavy atom. The number of nitrogens with zero attached hydrogens (tertiary/aromatic N) is 1. The second kappa shape index (κ2) is 10.8. The van der Waals surface area contributed by atoms with E-state index in [1.54, 1.807) is 24.3 Å². The Morgan fingerprint density at radius 1 is 0.577 bits per heavy atom. The standard InChI is InChI=1S/C43H29NO8/c1-24(45)25-9-8-14-30(19-25)44-39(46)37-38(40(44)47)43(29-12-6-3-7-13-29)36(27-16-18-32-34(21-27)52-23-50-32)35(26-15-17-31-33(20-26)51-22-49-31)42(37,41(43)48)28-10-4-2-5-11-28/h2-21,37-38H,22-23H2,1H3/t37-,38+,42-,43-/m0/s1. The van der Waals surface area contributed by atoms with Gasteiger partial charge in [-0.25, -0.2) is 4.90 Å². The molecule has 10 rings (SSSR count). The Hall–Kier alpha value is -6.48. The van der Waals surface area contributed by atoms with Gasteiger partial charge in [0.25, 0.3) is 0 Å². The zero-order valence-corrected chi connectivity index (χ0v) is 27.8. The summed E-state index contributed by atoms with van der Waals surface area (Å²) in [7, 11) is 0. The number of hydrogen-bond donors (Lipinski definition) is 0. The molecule has 1 saturated carbocycles. The number of hydrogen-bond acceptors (Lipinski definition) is 8. The molecule has 0 N–H and O–H groups in total. The fourth-order valence-corrected chi connectivity index (χ4v) is 9.35. The molecule has 5 aromatic carbocycles. The Bertz CT molecular complexity index is 2300. The van der Waals surface area contributed by atoms with Gasteiger partial charge in [-0.2, -0.15) is 0 Å². The molecule has 254 valence electrons. The average molecular weight is 688 g/mol. The quantitative estimate of drug-likeness (QED) is 0.146. The molecule has 0 radical (unpaired) electrons. The smallest absolute Gasteiger partial charge is 0.239 e. The molecular formula is C43H29NO8. The number of rotatable bonds is 6. The van der Waals surface area contributed by atoms with Crippen LogP contribution in [0.3, 0.4) is 0 Å². The molecule has 0 aromatic heterocycles. The van der Waals surface area contributed by atoms with Gasteiger partial charge in [-0.1, -0.05) is 84.9 Å². The highest BCUT2D eigenvalue weighted by Crippen LogP contribution is 2.74. The van der Waals surface area contributed by atoms with Crippen molar-refractivity contribution in [3.05, 3.63) is 149 Å². The number of Topliss-reactive ketones (excluding diaryl/α,β-unsaturated/α-hetero) is 2. The molecule has 4 atom stereocenters. The Morgan fingerprint density at radius 2 is 1.06 bits per heavy atom. The van der Waals surface area contributed by atoms with E-state index < -0.39 is 34.5 Å². The highest BCUT2D eigenvalue weighted by atomic mass is 16.7. The number of benzene rings is 5. The normalized spacial score (nSPS) is 24.9. The Labute approximate surface area is 298 Å². The van der Waals surface area contributed by atoms with Crippen molar-refractivity contribution in [2.45, 2.75) is 17.8 Å². The molecule has 2 bridgehead atoms. The van der Waals surface area contributed by atoms with Crippen molar-refractivity contribution >= 4 is 40.2 Å². The number of fused-ring (bicyclic) bond motifs is 7. The summed E-state index contributed by atoms with van der Waals surface area (Å²) in [4.78, 5) is 60.5. The Kier molecular flexibility index (Phi) is 6.28. The van der Waals surface area contributed by atoms with Gasteiger partial charge in [0.15, 0.2) is 34.6 Å². The molecule has 5 aliphatic rings. The van der Waals surface area contributed by atoms with Gasteiger partial charge in [-0.15, -0.1) is 0 Å². The van der Waals surface area contributed by atoms with Crippen molar-refractivity contribution in [3.63, 3.8) is 0 Å². The number of carbonyl (C=O) groups excluding carboxylic acids is 4. The van der Waals surface area contributed by atoms with Crippen molar-refractivity contribution in [2.24, 2.45) is 11.8 Å². The largest absolute Gasteiger partial charge is 0.454 e. The first kappa shape index (κ1) is 30.4. The van der Waals surface area contributed by atoms with Crippen LogP contribution in [0.1, 0.15) is 39.5 Å². The van der Waals surface area contributed by atoms with E-state index in [1.807, 2.05) is 97.1 Å². The molecule has 5 aromatic rings. The number of allylic oxidation sites excluding steroid dienone is 2. The molecule has 3 aliphatic heterocycles. The molecule has 9 nitrogen and oxygen atoms in total. The maximum absolute atomic E-state index is 16.2. The summed E-state index contributed by atoms with van der Waals surface area (Å²) in [6.45, 7) is 1.54. The Balaban J connectivity index is 1.35. The maximum atomic E-state index is 16.2. The third-order valence-corrected chi connectivity index (χ3v) is 11.3. The first-order valence-electron chi connectivity index (χ1n) is 17.1. The van der Waals surface area contributed by atoms with Crippen LogP contribution in [0.5, 0.6) is 23.0 Å². The van der Waals surface area contributed by atoms with E-state index in [-0.39, 0.29) is 30.8 Å². The maximum Gasteiger partial charge on any atom is 0.239 e. The summed E-state index contributed by atoms with van der Waals surface area (Å²) in [5.41, 5.74) is 1.10. The summed E-state index contributed by atoms with van der Waals surface area (Å²) in [6.07, 6.45) is 0. The summed E-state index contributed by atoms with van der Waals surface area (Å²) in [5, 5.41) is 0. The van der Waals surface area contributed by atoms with E-state index in [9.17, 15) is 4.79 Å². The molecule has 9 heteroatoms. The first-order chi connectivity index (χ1) is 25.4. The van der Waals surface area contributed by atoms with E-state index in [0.717, 1.165) is 0 Å². The second-order valence-electron chi connectivity index (χ2n) is 13.6. The fourth-order valence-electron chi connectivity index (χ4n) is 9.35. The zero-order chi connectivity index (χ0) is 35.4. The predicted molar refractivity (Wildman–Crippen MR) is 189 cm³/mol. The number of ketones is 2. The molecule has 0 unspecified atom stereocenters. The van der Waals surface area contributed by atoms with Crippen LogP contribution < -0.4 is 23.8 Å². The number of ether oxygens (including phenoxy) is 4. The van der Waals surface area contributed by atoms with Crippen molar-refractivity contribution < 1.29 is 38.1 Å². The van der Waals surface area contributed by atoms with Crippen molar-refractivity contribution in [1.29, 1.82) is 0 Å². The lowest BCUT2D eigenvalue weighted by atomic mass is 9.59. The van der Waals surface area contributed by atoms with Gasteiger partial charge < -0.3 is 18.9 Å². The highest BCUT2D eigenvalue weighted by Gasteiger charge is 2.82. The summed E-state index contributed by atoms with van der Waals surface area (Å²) < 4.78 is 23.1. The lowest BCUT2D eigenvalue weighted by Gasteiger charge is -2.39. The van der Waals surface area contributed by atoms with E-state index in [1.165, 1.54) is 11.8 Å². The predicted octanol–water partition coefficient (Wildman–Crippen LogP) is 6.54. The SMILES string of the molecule is CC(=O)c1cccc(N2C(=O)[C@@H]3[C@H](C2=O)[C@@]2(c4ccccc4)C(=O)[C@@]3(c3ccccc3)C(c3ccc4c(c3)OCO4)=C2c2ccc3c(c2)OCO3)c1. The topological polar surface area (TPSA) is 108 Å². The number of amides is 2. The molecule has 1 saturated heterocycles.